The van der Waals surface area contributed by atoms with Gasteiger partial charge in [-0.1, -0.05) is 53.5 Å². The smallest absolute Gasteiger partial charge is 0.271 e. The fraction of sp³-hybridized carbons (Fsp3) is 0.0833. The minimum Gasteiger partial charge on any atom is -0.316 e. The monoisotopic (exact) mass is 435 g/mol. The van der Waals surface area contributed by atoms with Crippen molar-refractivity contribution in [3.63, 3.8) is 0 Å². The maximum atomic E-state index is 12.5. The van der Waals surface area contributed by atoms with Crippen LogP contribution in [0.5, 0.6) is 0 Å². The number of nitrogens with one attached hydrogen (secondary N) is 1. The molecule has 1 aromatic heterocycles. The second-order valence-corrected chi connectivity index (χ2v) is 7.86. The molecule has 30 heavy (non-hydrogen) atoms. The second-order valence-electron chi connectivity index (χ2n) is 7.02. The lowest BCUT2D eigenvalue weighted by atomic mass is 10.1. The molecule has 0 fully saturated rings. The van der Waals surface area contributed by atoms with Gasteiger partial charge in [-0.2, -0.15) is 5.10 Å². The lowest BCUT2D eigenvalue weighted by Gasteiger charge is -2.12. The molecule has 1 heterocycles. The van der Waals surface area contributed by atoms with Gasteiger partial charge in [-0.3, -0.25) is 4.79 Å². The maximum absolute atomic E-state index is 12.5. The third-order valence-electron chi connectivity index (χ3n) is 5.00. The van der Waals surface area contributed by atoms with Crippen LogP contribution in [0.25, 0.3) is 16.5 Å². The molecule has 0 bridgehead atoms. The van der Waals surface area contributed by atoms with Crippen molar-refractivity contribution in [2.75, 3.05) is 0 Å². The lowest BCUT2D eigenvalue weighted by molar-refractivity contribution is 0.0955. The van der Waals surface area contributed by atoms with Gasteiger partial charge in [0.25, 0.3) is 5.91 Å². The third kappa shape index (κ3) is 3.97. The summed E-state index contributed by atoms with van der Waals surface area (Å²) < 4.78 is 2.01. The number of aryl methyl sites for hydroxylation is 1. The van der Waals surface area contributed by atoms with Crippen molar-refractivity contribution in [1.82, 2.24) is 9.99 Å². The number of nitrogens with zero attached hydrogens (tertiary/aromatic N) is 2. The van der Waals surface area contributed by atoms with E-state index in [0.29, 0.717) is 15.6 Å². The Morgan fingerprint density at radius 1 is 0.967 bits per heavy atom. The molecule has 0 radical (unpaired) electrons. The normalized spacial score (nSPS) is 11.3. The Morgan fingerprint density at radius 2 is 1.73 bits per heavy atom. The van der Waals surface area contributed by atoms with Gasteiger partial charge in [-0.25, -0.2) is 5.43 Å². The number of carbonyl (C=O) groups is 1. The van der Waals surface area contributed by atoms with Gasteiger partial charge in [0.1, 0.15) is 0 Å². The van der Waals surface area contributed by atoms with Crippen molar-refractivity contribution < 1.29 is 4.79 Å². The summed E-state index contributed by atoms with van der Waals surface area (Å²) >= 11 is 12.5. The molecular weight excluding hydrogens is 417 g/mol. The van der Waals surface area contributed by atoms with E-state index in [4.69, 9.17) is 23.2 Å². The van der Waals surface area contributed by atoms with Crippen LogP contribution in [0.2, 0.25) is 10.0 Å². The molecule has 0 aliphatic heterocycles. The standard InChI is InChI=1S/C24H19Cl2N3O/c1-15-11-20(16(2)29(15)23-13-21(25)9-10-22(23)26)14-27-28-24(30)19-8-7-17-5-3-4-6-18(17)12-19/h3-14H,1-2H3,(H,28,30)/b27-14+. The average Bonchev–Trinajstić information content (AvgIpc) is 3.02. The van der Waals surface area contributed by atoms with Crippen molar-refractivity contribution in [1.29, 1.82) is 0 Å². The SMILES string of the molecule is Cc1cc(/C=N/NC(=O)c2ccc3ccccc3c2)c(C)n1-c1cc(Cl)ccc1Cl. The quantitative estimate of drug-likeness (QED) is 0.295. The van der Waals surface area contributed by atoms with Crippen LogP contribution >= 0.6 is 23.2 Å². The van der Waals surface area contributed by atoms with Gasteiger partial charge in [-0.15, -0.1) is 0 Å². The first-order chi connectivity index (χ1) is 14.4. The van der Waals surface area contributed by atoms with Crippen LogP contribution in [0.1, 0.15) is 27.3 Å². The van der Waals surface area contributed by atoms with Crippen LogP contribution in [0.15, 0.2) is 71.8 Å². The molecule has 0 atom stereocenters. The Hall–Kier alpha value is -3.08. The van der Waals surface area contributed by atoms with E-state index in [9.17, 15) is 4.79 Å². The van der Waals surface area contributed by atoms with E-state index in [0.717, 1.165) is 33.4 Å². The zero-order valence-electron chi connectivity index (χ0n) is 16.5. The number of hydrazone groups is 1. The predicted octanol–water partition coefficient (Wildman–Crippen LogP) is 6.32. The predicted molar refractivity (Wildman–Crippen MR) is 124 cm³/mol. The number of aromatic nitrogens is 1. The molecule has 4 nitrogen and oxygen atoms in total. The van der Waals surface area contributed by atoms with Crippen LogP contribution < -0.4 is 5.43 Å². The minimum absolute atomic E-state index is 0.260. The molecule has 4 aromatic rings. The highest BCUT2D eigenvalue weighted by Crippen LogP contribution is 2.28. The number of halogens is 2. The topological polar surface area (TPSA) is 46.4 Å². The number of hydrogen-bond donors (Lipinski definition) is 1. The van der Waals surface area contributed by atoms with Crippen LogP contribution in [0.4, 0.5) is 0 Å². The molecule has 1 N–H and O–H groups in total. The van der Waals surface area contributed by atoms with Crippen molar-refractivity contribution in [2.24, 2.45) is 5.10 Å². The van der Waals surface area contributed by atoms with Crippen molar-refractivity contribution >= 4 is 46.1 Å². The summed E-state index contributed by atoms with van der Waals surface area (Å²) in [7, 11) is 0. The Kier molecular flexibility index (Phi) is 5.62. The summed E-state index contributed by atoms with van der Waals surface area (Å²) in [5.41, 5.74) is 6.77. The van der Waals surface area contributed by atoms with E-state index < -0.39 is 0 Å². The van der Waals surface area contributed by atoms with Crippen LogP contribution in [-0.4, -0.2) is 16.7 Å². The van der Waals surface area contributed by atoms with E-state index in [1.54, 1.807) is 24.4 Å². The van der Waals surface area contributed by atoms with Crippen molar-refractivity contribution in [2.45, 2.75) is 13.8 Å². The summed E-state index contributed by atoms with van der Waals surface area (Å²) in [4.78, 5) is 12.5. The summed E-state index contributed by atoms with van der Waals surface area (Å²) in [5, 5.41) is 7.46. The van der Waals surface area contributed by atoms with E-state index in [2.05, 4.69) is 10.5 Å². The molecule has 1 amide bonds. The fourth-order valence-corrected chi connectivity index (χ4v) is 3.87. The van der Waals surface area contributed by atoms with Crippen LogP contribution in [-0.2, 0) is 0 Å². The molecule has 0 saturated carbocycles. The third-order valence-corrected chi connectivity index (χ3v) is 5.56. The molecule has 3 aromatic carbocycles. The van der Waals surface area contributed by atoms with E-state index >= 15 is 0 Å². The van der Waals surface area contributed by atoms with E-state index in [1.165, 1.54) is 0 Å². The van der Waals surface area contributed by atoms with Gasteiger partial charge >= 0.3 is 0 Å². The largest absolute Gasteiger partial charge is 0.316 e. The first-order valence-electron chi connectivity index (χ1n) is 9.40. The van der Waals surface area contributed by atoms with Gasteiger partial charge in [0, 0.05) is 27.5 Å². The summed E-state index contributed by atoms with van der Waals surface area (Å²) in [6.45, 7) is 3.95. The second kappa shape index (κ2) is 8.34. The van der Waals surface area contributed by atoms with Gasteiger partial charge in [0.15, 0.2) is 0 Å². The summed E-state index contributed by atoms with van der Waals surface area (Å²) in [6.07, 6.45) is 1.64. The molecule has 6 heteroatoms. The zero-order chi connectivity index (χ0) is 21.3. The number of fused-ring (bicyclic) bond motifs is 1. The van der Waals surface area contributed by atoms with Gasteiger partial charge in [-0.05, 0) is 61.0 Å². The van der Waals surface area contributed by atoms with Crippen LogP contribution in [0.3, 0.4) is 0 Å². The number of carbonyl (C=O) groups excluding carboxylic acids is 1. The van der Waals surface area contributed by atoms with Gasteiger partial charge in [0.2, 0.25) is 0 Å². The molecule has 150 valence electrons. The highest BCUT2D eigenvalue weighted by molar-refractivity contribution is 6.34. The summed E-state index contributed by atoms with van der Waals surface area (Å²) in [5.74, 6) is -0.260. The number of amides is 1. The highest BCUT2D eigenvalue weighted by Gasteiger charge is 2.13. The van der Waals surface area contributed by atoms with E-state index in [-0.39, 0.29) is 5.91 Å². The van der Waals surface area contributed by atoms with Gasteiger partial charge < -0.3 is 4.57 Å². The Morgan fingerprint density at radius 3 is 2.53 bits per heavy atom. The minimum atomic E-state index is -0.260. The lowest BCUT2D eigenvalue weighted by Crippen LogP contribution is -2.17. The maximum Gasteiger partial charge on any atom is 0.271 e. The fourth-order valence-electron chi connectivity index (χ4n) is 3.50. The molecular formula is C24H19Cl2N3O. The molecule has 0 spiro atoms. The number of rotatable bonds is 4. The Bertz CT molecular complexity index is 1290. The molecule has 0 aliphatic rings. The molecule has 0 aliphatic carbocycles. The molecule has 0 saturated heterocycles. The first-order valence-corrected chi connectivity index (χ1v) is 10.2. The van der Waals surface area contributed by atoms with Crippen molar-refractivity contribution in [3.8, 4) is 5.69 Å². The first kappa shape index (κ1) is 20.2. The summed E-state index contributed by atoms with van der Waals surface area (Å²) in [6, 6.07) is 20.8. The van der Waals surface area contributed by atoms with Crippen LogP contribution in [0, 0.1) is 13.8 Å². The van der Waals surface area contributed by atoms with E-state index in [1.807, 2.05) is 66.9 Å². The van der Waals surface area contributed by atoms with Gasteiger partial charge in [0.05, 0.1) is 16.9 Å². The highest BCUT2D eigenvalue weighted by atomic mass is 35.5. The number of benzene rings is 3. The average molecular weight is 436 g/mol. The van der Waals surface area contributed by atoms with Crippen molar-refractivity contribution in [3.05, 3.63) is 99.3 Å². The molecule has 0 unspecified atom stereocenters. The number of hydrogen-bond acceptors (Lipinski definition) is 2. The zero-order valence-corrected chi connectivity index (χ0v) is 18.0. The Balaban J connectivity index is 1.55. The molecule has 4 rings (SSSR count). The Labute approximate surface area is 184 Å².